The maximum atomic E-state index is 13.7. The number of hydrogen-bond acceptors (Lipinski definition) is 4. The van der Waals surface area contributed by atoms with Crippen molar-refractivity contribution in [3.8, 4) is 17.2 Å². The molecular weight excluding hydrogens is 315 g/mol. The topological polar surface area (TPSA) is 76.0 Å². The Kier molecular flexibility index (Phi) is 3.16. The fourth-order valence-corrected chi connectivity index (χ4v) is 3.57. The van der Waals surface area contributed by atoms with Crippen molar-refractivity contribution in [2.75, 3.05) is 6.79 Å². The number of fused-ring (bicyclic) bond motifs is 1. The van der Waals surface area contributed by atoms with Crippen LogP contribution in [0.1, 0.15) is 29.9 Å². The molecule has 2 atom stereocenters. The van der Waals surface area contributed by atoms with Gasteiger partial charge in [0.25, 0.3) is 0 Å². The average molecular weight is 330 g/mol. The van der Waals surface area contributed by atoms with Crippen molar-refractivity contribution in [3.05, 3.63) is 53.3 Å². The predicted molar refractivity (Wildman–Crippen MR) is 81.9 cm³/mol. The van der Waals surface area contributed by atoms with E-state index in [1.165, 1.54) is 12.1 Å². The molecule has 1 fully saturated rings. The lowest BCUT2D eigenvalue weighted by Gasteiger charge is -2.17. The van der Waals surface area contributed by atoms with Gasteiger partial charge in [-0.1, -0.05) is 12.1 Å². The Morgan fingerprint density at radius 2 is 2.00 bits per heavy atom. The van der Waals surface area contributed by atoms with Crippen molar-refractivity contribution in [1.29, 1.82) is 0 Å². The second kappa shape index (κ2) is 5.12. The van der Waals surface area contributed by atoms with Crippen LogP contribution in [0, 0.1) is 5.82 Å². The molecule has 24 heavy (non-hydrogen) atoms. The number of phenols is 1. The van der Waals surface area contributed by atoms with Crippen molar-refractivity contribution in [3.63, 3.8) is 0 Å². The summed E-state index contributed by atoms with van der Waals surface area (Å²) in [5, 5.41) is 18.7. The van der Waals surface area contributed by atoms with E-state index in [1.807, 2.05) is 12.1 Å². The molecular formula is C18H15FO5. The molecule has 2 aromatic carbocycles. The summed E-state index contributed by atoms with van der Waals surface area (Å²) < 4.78 is 24.3. The maximum absolute atomic E-state index is 13.7. The second-order valence-electron chi connectivity index (χ2n) is 6.26. The Labute approximate surface area is 137 Å². The van der Waals surface area contributed by atoms with Crippen LogP contribution >= 0.6 is 0 Å². The Bertz CT molecular complexity index is 834. The number of halogens is 1. The summed E-state index contributed by atoms with van der Waals surface area (Å²) in [4.78, 5) is 11.4. The number of hydrogen-bond donors (Lipinski definition) is 2. The first-order valence-electron chi connectivity index (χ1n) is 7.60. The standard InChI is InChI=1S/C18H15FO5/c19-13-5-10(1-3-14(13)20)12-7-18(12,8-17(21)22)11-2-4-15-16(6-11)24-9-23-15/h1-6,12,20H,7-9H2,(H,21,22). The van der Waals surface area contributed by atoms with Gasteiger partial charge >= 0.3 is 5.97 Å². The molecule has 0 spiro atoms. The number of carbonyl (C=O) groups is 1. The van der Waals surface area contributed by atoms with E-state index in [-0.39, 0.29) is 19.1 Å². The first kappa shape index (κ1) is 14.8. The Morgan fingerprint density at radius 1 is 1.21 bits per heavy atom. The Morgan fingerprint density at radius 3 is 2.75 bits per heavy atom. The number of phenolic OH excluding ortho intramolecular Hbond substituents is 1. The lowest BCUT2D eigenvalue weighted by atomic mass is 9.87. The number of rotatable bonds is 4. The zero-order valence-electron chi connectivity index (χ0n) is 12.7. The molecule has 0 saturated heterocycles. The third-order valence-corrected chi connectivity index (χ3v) is 4.86. The summed E-state index contributed by atoms with van der Waals surface area (Å²) >= 11 is 0. The summed E-state index contributed by atoms with van der Waals surface area (Å²) in [6.07, 6.45) is 0.545. The molecule has 0 aromatic heterocycles. The van der Waals surface area contributed by atoms with Gasteiger partial charge in [0.1, 0.15) is 0 Å². The highest BCUT2D eigenvalue weighted by molar-refractivity contribution is 5.71. The van der Waals surface area contributed by atoms with E-state index in [2.05, 4.69) is 0 Å². The minimum Gasteiger partial charge on any atom is -0.505 e. The first-order valence-corrected chi connectivity index (χ1v) is 7.60. The lowest BCUT2D eigenvalue weighted by molar-refractivity contribution is -0.137. The molecule has 2 unspecified atom stereocenters. The van der Waals surface area contributed by atoms with Crippen LogP contribution < -0.4 is 9.47 Å². The molecule has 124 valence electrons. The van der Waals surface area contributed by atoms with Gasteiger partial charge in [0, 0.05) is 5.41 Å². The van der Waals surface area contributed by atoms with Crippen LogP contribution in [0.15, 0.2) is 36.4 Å². The van der Waals surface area contributed by atoms with Crippen LogP contribution in [0.25, 0.3) is 0 Å². The maximum Gasteiger partial charge on any atom is 0.304 e. The second-order valence-corrected chi connectivity index (χ2v) is 6.26. The zero-order chi connectivity index (χ0) is 16.9. The molecule has 5 nitrogen and oxygen atoms in total. The van der Waals surface area contributed by atoms with Gasteiger partial charge in [-0.2, -0.15) is 0 Å². The zero-order valence-corrected chi connectivity index (χ0v) is 12.7. The van der Waals surface area contributed by atoms with Gasteiger partial charge in [0.2, 0.25) is 6.79 Å². The number of carboxylic acids is 1. The van der Waals surface area contributed by atoms with Gasteiger partial charge in [-0.3, -0.25) is 4.79 Å². The van der Waals surface area contributed by atoms with Gasteiger partial charge < -0.3 is 19.7 Å². The van der Waals surface area contributed by atoms with Crippen molar-refractivity contribution >= 4 is 5.97 Å². The largest absolute Gasteiger partial charge is 0.505 e. The normalized spacial score (nSPS) is 24.0. The fraction of sp³-hybridized carbons (Fsp3) is 0.278. The highest BCUT2D eigenvalue weighted by Gasteiger charge is 2.57. The monoisotopic (exact) mass is 330 g/mol. The molecule has 1 saturated carbocycles. The molecule has 0 amide bonds. The first-order chi connectivity index (χ1) is 11.5. The van der Waals surface area contributed by atoms with Crippen molar-refractivity contribution in [2.24, 2.45) is 0 Å². The van der Waals surface area contributed by atoms with Gasteiger partial charge in [0.05, 0.1) is 6.42 Å². The van der Waals surface area contributed by atoms with Gasteiger partial charge in [-0.25, -0.2) is 4.39 Å². The van der Waals surface area contributed by atoms with Crippen molar-refractivity contribution in [2.45, 2.75) is 24.2 Å². The summed E-state index contributed by atoms with van der Waals surface area (Å²) in [5.74, 6) is -0.906. The van der Waals surface area contributed by atoms with Crippen LogP contribution in [0.5, 0.6) is 17.2 Å². The summed E-state index contributed by atoms with van der Waals surface area (Å²) in [5.41, 5.74) is 0.924. The van der Waals surface area contributed by atoms with E-state index >= 15 is 0 Å². The molecule has 2 aromatic rings. The molecule has 0 radical (unpaired) electrons. The molecule has 2 aliphatic rings. The number of ether oxygens (including phenoxy) is 2. The lowest BCUT2D eigenvalue weighted by Crippen LogP contribution is -2.15. The Balaban J connectivity index is 1.72. The number of aliphatic carboxylic acids is 1. The number of benzene rings is 2. The van der Waals surface area contributed by atoms with E-state index < -0.39 is 23.0 Å². The molecule has 2 N–H and O–H groups in total. The SMILES string of the molecule is O=C(O)CC1(c2ccc3c(c2)OCO3)CC1c1ccc(O)c(F)c1. The van der Waals surface area contributed by atoms with Crippen LogP contribution in [-0.2, 0) is 10.2 Å². The molecule has 1 aliphatic heterocycles. The minimum absolute atomic E-state index is 0.0557. The van der Waals surface area contributed by atoms with E-state index in [0.29, 0.717) is 23.5 Å². The number of carboxylic acid groups (broad SMARTS) is 1. The quantitative estimate of drug-likeness (QED) is 0.900. The van der Waals surface area contributed by atoms with Crippen molar-refractivity contribution < 1.29 is 28.9 Å². The molecule has 6 heteroatoms. The molecule has 4 rings (SSSR count). The Hall–Kier alpha value is -2.76. The number of aromatic hydroxyl groups is 1. The van der Waals surface area contributed by atoms with E-state index in [0.717, 1.165) is 5.56 Å². The van der Waals surface area contributed by atoms with E-state index in [9.17, 15) is 19.4 Å². The van der Waals surface area contributed by atoms with Crippen LogP contribution in [0.4, 0.5) is 4.39 Å². The molecule has 1 heterocycles. The van der Waals surface area contributed by atoms with Crippen LogP contribution in [-0.4, -0.2) is 23.0 Å². The highest BCUT2D eigenvalue weighted by atomic mass is 19.1. The molecule has 1 aliphatic carbocycles. The van der Waals surface area contributed by atoms with Crippen LogP contribution in [0.3, 0.4) is 0 Å². The third kappa shape index (κ3) is 2.26. The van der Waals surface area contributed by atoms with Crippen LogP contribution in [0.2, 0.25) is 0 Å². The van der Waals surface area contributed by atoms with E-state index in [1.54, 1.807) is 12.1 Å². The van der Waals surface area contributed by atoms with Gasteiger partial charge in [0.15, 0.2) is 23.1 Å². The van der Waals surface area contributed by atoms with Gasteiger partial charge in [-0.05, 0) is 47.7 Å². The summed E-state index contributed by atoms with van der Waals surface area (Å²) in [6, 6.07) is 9.63. The fourth-order valence-electron chi connectivity index (χ4n) is 3.57. The van der Waals surface area contributed by atoms with E-state index in [4.69, 9.17) is 9.47 Å². The average Bonchev–Trinajstić information content (AvgIpc) is 3.06. The van der Waals surface area contributed by atoms with Crippen molar-refractivity contribution in [1.82, 2.24) is 0 Å². The molecule has 0 bridgehead atoms. The predicted octanol–water partition coefficient (Wildman–Crippen LogP) is 3.16. The minimum atomic E-state index is -0.908. The summed E-state index contributed by atoms with van der Waals surface area (Å²) in [7, 11) is 0. The van der Waals surface area contributed by atoms with Gasteiger partial charge in [-0.15, -0.1) is 0 Å². The smallest absolute Gasteiger partial charge is 0.304 e. The highest BCUT2D eigenvalue weighted by Crippen LogP contribution is 2.63. The summed E-state index contributed by atoms with van der Waals surface area (Å²) in [6.45, 7) is 0.150. The third-order valence-electron chi connectivity index (χ3n) is 4.86.